The zero-order valence-electron chi connectivity index (χ0n) is 13.6. The average molecular weight is 329 g/mol. The van der Waals surface area contributed by atoms with E-state index >= 15 is 0 Å². The molecule has 1 N–H and O–H groups in total. The quantitative estimate of drug-likeness (QED) is 0.860. The highest BCUT2D eigenvalue weighted by atomic mass is 16.5. The fraction of sp³-hybridized carbons (Fsp3) is 0.353. The first-order chi connectivity index (χ1) is 11.6. The molecule has 7 nitrogen and oxygen atoms in total. The van der Waals surface area contributed by atoms with Crippen molar-refractivity contribution in [2.75, 3.05) is 13.7 Å². The maximum Gasteiger partial charge on any atom is 0.329 e. The van der Waals surface area contributed by atoms with Crippen molar-refractivity contribution in [1.82, 2.24) is 14.9 Å². The van der Waals surface area contributed by atoms with Crippen LogP contribution in [-0.4, -0.2) is 46.5 Å². The van der Waals surface area contributed by atoms with E-state index in [1.54, 1.807) is 30.6 Å². The lowest BCUT2D eigenvalue weighted by Crippen LogP contribution is -2.49. The molecule has 0 spiro atoms. The Hall–Kier alpha value is -2.83. The number of benzene rings is 1. The first-order valence-corrected chi connectivity index (χ1v) is 7.76. The van der Waals surface area contributed by atoms with Gasteiger partial charge in [0.25, 0.3) is 5.91 Å². The molecule has 0 radical (unpaired) electrons. The lowest BCUT2D eigenvalue weighted by molar-refractivity contribution is -0.146. The second-order valence-corrected chi connectivity index (χ2v) is 5.46. The molecule has 3 rings (SSSR count). The fourth-order valence-corrected chi connectivity index (χ4v) is 2.82. The number of esters is 1. The molecule has 126 valence electrons. The summed E-state index contributed by atoms with van der Waals surface area (Å²) in [6.07, 6.45) is 1.91. The number of nitrogens with zero attached hydrogens (tertiary/aromatic N) is 2. The van der Waals surface area contributed by atoms with E-state index in [2.05, 4.69) is 9.97 Å². The SMILES string of the molecule is CCOc1ccc(C(=O)N2Cc3[nH]cnc3CC2C(=O)OC)cc1. The van der Waals surface area contributed by atoms with Crippen LogP contribution in [0.1, 0.15) is 28.7 Å². The van der Waals surface area contributed by atoms with Gasteiger partial charge in [0.15, 0.2) is 0 Å². The Kier molecular flexibility index (Phi) is 4.50. The highest BCUT2D eigenvalue weighted by Gasteiger charge is 2.37. The maximum atomic E-state index is 12.9. The van der Waals surface area contributed by atoms with Crippen molar-refractivity contribution in [3.05, 3.63) is 47.5 Å². The normalized spacial score (nSPS) is 16.4. The third-order valence-corrected chi connectivity index (χ3v) is 4.05. The van der Waals surface area contributed by atoms with Crippen LogP contribution in [0.3, 0.4) is 0 Å². The van der Waals surface area contributed by atoms with Crippen LogP contribution in [0, 0.1) is 0 Å². The molecule has 1 aromatic heterocycles. The Balaban J connectivity index is 1.87. The largest absolute Gasteiger partial charge is 0.494 e. The van der Waals surface area contributed by atoms with E-state index in [-0.39, 0.29) is 5.91 Å². The van der Waals surface area contributed by atoms with Crippen molar-refractivity contribution in [2.45, 2.75) is 25.9 Å². The molecule has 2 heterocycles. The topological polar surface area (TPSA) is 84.5 Å². The molecule has 7 heteroatoms. The molecule has 1 atom stereocenters. The number of methoxy groups -OCH3 is 1. The third-order valence-electron chi connectivity index (χ3n) is 4.05. The highest BCUT2D eigenvalue weighted by Crippen LogP contribution is 2.24. The van der Waals surface area contributed by atoms with E-state index in [1.807, 2.05) is 6.92 Å². The van der Waals surface area contributed by atoms with E-state index in [1.165, 1.54) is 12.0 Å². The molecule has 1 aromatic carbocycles. The summed E-state index contributed by atoms with van der Waals surface area (Å²) in [5.74, 6) is 0.0321. The molecule has 2 aromatic rings. The van der Waals surface area contributed by atoms with Gasteiger partial charge in [0, 0.05) is 12.0 Å². The smallest absolute Gasteiger partial charge is 0.329 e. The van der Waals surface area contributed by atoms with Gasteiger partial charge in [-0.1, -0.05) is 0 Å². The van der Waals surface area contributed by atoms with Crippen LogP contribution in [0.15, 0.2) is 30.6 Å². The highest BCUT2D eigenvalue weighted by molar-refractivity contribution is 5.97. The number of H-pyrrole nitrogens is 1. The first-order valence-electron chi connectivity index (χ1n) is 7.76. The number of aromatic nitrogens is 2. The second-order valence-electron chi connectivity index (χ2n) is 5.46. The number of aromatic amines is 1. The number of fused-ring (bicyclic) bond motifs is 1. The molecule has 0 fully saturated rings. The van der Waals surface area contributed by atoms with Gasteiger partial charge in [-0.05, 0) is 31.2 Å². The number of amides is 1. The van der Waals surface area contributed by atoms with Crippen molar-refractivity contribution in [2.24, 2.45) is 0 Å². The molecule has 0 bridgehead atoms. The van der Waals surface area contributed by atoms with Gasteiger partial charge in [-0.15, -0.1) is 0 Å². The summed E-state index contributed by atoms with van der Waals surface area (Å²) in [6, 6.07) is 6.21. The van der Waals surface area contributed by atoms with E-state index in [9.17, 15) is 9.59 Å². The third kappa shape index (κ3) is 2.97. The van der Waals surface area contributed by atoms with Gasteiger partial charge in [0.05, 0.1) is 38.0 Å². The van der Waals surface area contributed by atoms with Crippen molar-refractivity contribution in [3.8, 4) is 5.75 Å². The summed E-state index contributed by atoms with van der Waals surface area (Å²) in [6.45, 7) is 2.75. The van der Waals surface area contributed by atoms with E-state index < -0.39 is 12.0 Å². The lowest BCUT2D eigenvalue weighted by atomic mass is 10.0. The van der Waals surface area contributed by atoms with Crippen LogP contribution in [-0.2, 0) is 22.5 Å². The minimum Gasteiger partial charge on any atom is -0.494 e. The predicted octanol–water partition coefficient (Wildman–Crippen LogP) is 1.55. The minimum absolute atomic E-state index is 0.228. The Morgan fingerprint density at radius 1 is 1.33 bits per heavy atom. The van der Waals surface area contributed by atoms with Gasteiger partial charge in [-0.2, -0.15) is 0 Å². The summed E-state index contributed by atoms with van der Waals surface area (Å²) in [4.78, 5) is 33.7. The standard InChI is InChI=1S/C17H19N3O4/c1-3-24-12-6-4-11(5-7-12)16(21)20-9-14-13(18-10-19-14)8-15(20)17(22)23-2/h4-7,10,15H,3,8-9H2,1-2H3,(H,18,19). The predicted molar refractivity (Wildman–Crippen MR) is 85.6 cm³/mol. The van der Waals surface area contributed by atoms with Crippen molar-refractivity contribution >= 4 is 11.9 Å². The Bertz CT molecular complexity index is 739. The lowest BCUT2D eigenvalue weighted by Gasteiger charge is -2.33. The summed E-state index contributed by atoms with van der Waals surface area (Å²) < 4.78 is 10.2. The van der Waals surface area contributed by atoms with Gasteiger partial charge in [0.2, 0.25) is 0 Å². The molecule has 0 saturated heterocycles. The van der Waals surface area contributed by atoms with Crippen LogP contribution in [0.5, 0.6) is 5.75 Å². The number of carbonyl (C=O) groups excluding carboxylic acids is 2. The molecule has 1 amide bonds. The summed E-state index contributed by atoms with van der Waals surface area (Å²) in [5, 5.41) is 0. The number of hydrogen-bond donors (Lipinski definition) is 1. The van der Waals surface area contributed by atoms with Crippen molar-refractivity contribution in [3.63, 3.8) is 0 Å². The van der Waals surface area contributed by atoms with Crippen molar-refractivity contribution in [1.29, 1.82) is 0 Å². The summed E-state index contributed by atoms with van der Waals surface area (Å²) in [7, 11) is 1.32. The Labute approximate surface area is 139 Å². The monoisotopic (exact) mass is 329 g/mol. The first kappa shape index (κ1) is 16.0. The van der Waals surface area contributed by atoms with Gasteiger partial charge < -0.3 is 19.4 Å². The molecular formula is C17H19N3O4. The molecule has 1 aliphatic heterocycles. The fourth-order valence-electron chi connectivity index (χ4n) is 2.82. The molecule has 0 aliphatic carbocycles. The van der Waals surface area contributed by atoms with Crippen LogP contribution in [0.2, 0.25) is 0 Å². The van der Waals surface area contributed by atoms with Gasteiger partial charge in [-0.25, -0.2) is 9.78 Å². The number of imidazole rings is 1. The maximum absolute atomic E-state index is 12.9. The Morgan fingerprint density at radius 2 is 2.08 bits per heavy atom. The van der Waals surface area contributed by atoms with Crippen LogP contribution in [0.25, 0.3) is 0 Å². The summed E-state index contributed by atoms with van der Waals surface area (Å²) >= 11 is 0. The zero-order chi connectivity index (χ0) is 17.1. The average Bonchev–Trinajstić information content (AvgIpc) is 3.07. The van der Waals surface area contributed by atoms with E-state index in [4.69, 9.17) is 9.47 Å². The van der Waals surface area contributed by atoms with E-state index in [0.717, 1.165) is 11.4 Å². The molecular weight excluding hydrogens is 310 g/mol. The number of ether oxygens (including phenoxy) is 2. The zero-order valence-corrected chi connectivity index (χ0v) is 13.6. The number of carbonyl (C=O) groups is 2. The van der Waals surface area contributed by atoms with Crippen LogP contribution < -0.4 is 4.74 Å². The number of hydrogen-bond acceptors (Lipinski definition) is 5. The molecule has 1 aliphatic rings. The van der Waals surface area contributed by atoms with Gasteiger partial charge in [-0.3, -0.25) is 4.79 Å². The van der Waals surface area contributed by atoms with Gasteiger partial charge in [0.1, 0.15) is 11.8 Å². The van der Waals surface area contributed by atoms with Crippen LogP contribution in [0.4, 0.5) is 0 Å². The molecule has 24 heavy (non-hydrogen) atoms. The van der Waals surface area contributed by atoms with E-state index in [0.29, 0.717) is 30.9 Å². The molecule has 0 saturated carbocycles. The molecule has 1 unspecified atom stereocenters. The van der Waals surface area contributed by atoms with Crippen molar-refractivity contribution < 1.29 is 19.1 Å². The number of rotatable bonds is 4. The van der Waals surface area contributed by atoms with Crippen LogP contribution >= 0.6 is 0 Å². The second kappa shape index (κ2) is 6.74. The number of nitrogens with one attached hydrogen (secondary N) is 1. The van der Waals surface area contributed by atoms with Gasteiger partial charge >= 0.3 is 5.97 Å². The Morgan fingerprint density at radius 3 is 2.75 bits per heavy atom. The summed E-state index contributed by atoms with van der Waals surface area (Å²) in [5.41, 5.74) is 2.13. The minimum atomic E-state index is -0.676.